The normalized spacial score (nSPS) is 11.3. The lowest BCUT2D eigenvalue weighted by atomic mass is 10.1. The van der Waals surface area contributed by atoms with Gasteiger partial charge in [0.1, 0.15) is 0 Å². The Morgan fingerprint density at radius 3 is 2.85 bits per heavy atom. The van der Waals surface area contributed by atoms with E-state index in [0.29, 0.717) is 12.1 Å². The monoisotopic (exact) mass is 347 g/mol. The van der Waals surface area contributed by atoms with Crippen LogP contribution in [0.4, 0.5) is 0 Å². The van der Waals surface area contributed by atoms with E-state index in [9.17, 15) is 4.79 Å². The standard InChI is InChI=1S/C20H21N5O/c1-13-12-16(18-14(2)23-24(3)19(18)22-13)20(26)21-9-11-25-10-8-15-6-4-5-7-17(15)25/h4-8,10,12H,9,11H2,1-3H3,(H,21,26). The van der Waals surface area contributed by atoms with Crippen LogP contribution in [0.2, 0.25) is 0 Å². The second-order valence-electron chi connectivity index (χ2n) is 6.54. The fourth-order valence-corrected chi connectivity index (χ4v) is 3.47. The van der Waals surface area contributed by atoms with E-state index in [1.54, 1.807) is 4.68 Å². The van der Waals surface area contributed by atoms with E-state index in [-0.39, 0.29) is 5.91 Å². The van der Waals surface area contributed by atoms with Crippen molar-refractivity contribution in [1.29, 1.82) is 0 Å². The van der Waals surface area contributed by atoms with Crippen LogP contribution in [-0.4, -0.2) is 31.8 Å². The summed E-state index contributed by atoms with van der Waals surface area (Å²) in [7, 11) is 1.85. The third kappa shape index (κ3) is 2.73. The molecule has 0 saturated carbocycles. The zero-order valence-electron chi connectivity index (χ0n) is 15.2. The molecule has 6 nitrogen and oxygen atoms in total. The number of carbonyl (C=O) groups excluding carboxylic acids is 1. The fraction of sp³-hybridized carbons (Fsp3) is 0.250. The van der Waals surface area contributed by atoms with Crippen LogP contribution in [0, 0.1) is 13.8 Å². The summed E-state index contributed by atoms with van der Waals surface area (Å²) in [5.41, 5.74) is 4.17. The SMILES string of the molecule is Cc1cc(C(=O)NCCn2ccc3ccccc32)c2c(C)nn(C)c2n1. The summed E-state index contributed by atoms with van der Waals surface area (Å²) in [6.07, 6.45) is 2.05. The number of aromatic nitrogens is 4. The molecule has 0 bridgehead atoms. The maximum absolute atomic E-state index is 12.8. The van der Waals surface area contributed by atoms with Crippen molar-refractivity contribution in [2.24, 2.45) is 7.05 Å². The van der Waals surface area contributed by atoms with Gasteiger partial charge in [-0.15, -0.1) is 0 Å². The average Bonchev–Trinajstić information content (AvgIpc) is 3.15. The van der Waals surface area contributed by atoms with Gasteiger partial charge in [-0.2, -0.15) is 5.10 Å². The number of nitrogens with one attached hydrogen (secondary N) is 1. The van der Waals surface area contributed by atoms with E-state index in [1.807, 2.05) is 39.1 Å². The summed E-state index contributed by atoms with van der Waals surface area (Å²) < 4.78 is 3.87. The summed E-state index contributed by atoms with van der Waals surface area (Å²) in [4.78, 5) is 17.3. The highest BCUT2D eigenvalue weighted by Gasteiger charge is 2.17. The highest BCUT2D eigenvalue weighted by atomic mass is 16.1. The van der Waals surface area contributed by atoms with Gasteiger partial charge in [-0.25, -0.2) is 4.98 Å². The summed E-state index contributed by atoms with van der Waals surface area (Å²) >= 11 is 0. The van der Waals surface area contributed by atoms with Crippen molar-refractivity contribution >= 4 is 27.8 Å². The molecule has 0 radical (unpaired) electrons. The van der Waals surface area contributed by atoms with Crippen molar-refractivity contribution in [1.82, 2.24) is 24.6 Å². The number of nitrogens with zero attached hydrogens (tertiary/aromatic N) is 4. The Bertz CT molecular complexity index is 1120. The van der Waals surface area contributed by atoms with Gasteiger partial charge < -0.3 is 9.88 Å². The van der Waals surface area contributed by atoms with Crippen LogP contribution in [0.25, 0.3) is 21.9 Å². The Morgan fingerprint density at radius 1 is 1.19 bits per heavy atom. The number of aryl methyl sites for hydroxylation is 3. The predicted molar refractivity (Wildman–Crippen MR) is 102 cm³/mol. The van der Waals surface area contributed by atoms with Crippen LogP contribution in [-0.2, 0) is 13.6 Å². The lowest BCUT2D eigenvalue weighted by Crippen LogP contribution is -2.27. The first-order chi connectivity index (χ1) is 12.5. The second-order valence-corrected chi connectivity index (χ2v) is 6.54. The molecule has 4 rings (SSSR count). The van der Waals surface area contributed by atoms with E-state index in [1.165, 1.54) is 10.9 Å². The first-order valence-electron chi connectivity index (χ1n) is 8.67. The second kappa shape index (κ2) is 6.29. The molecule has 6 heteroatoms. The van der Waals surface area contributed by atoms with Crippen molar-refractivity contribution < 1.29 is 4.79 Å². The van der Waals surface area contributed by atoms with Crippen LogP contribution >= 0.6 is 0 Å². The van der Waals surface area contributed by atoms with Gasteiger partial charge in [0.15, 0.2) is 5.65 Å². The number of amides is 1. The molecule has 4 aromatic rings. The molecule has 0 aliphatic heterocycles. The van der Waals surface area contributed by atoms with E-state index < -0.39 is 0 Å². The molecule has 0 spiro atoms. The Balaban J connectivity index is 1.55. The minimum Gasteiger partial charge on any atom is -0.350 e. The van der Waals surface area contributed by atoms with Crippen molar-refractivity contribution in [3.63, 3.8) is 0 Å². The third-order valence-corrected chi connectivity index (χ3v) is 4.66. The van der Waals surface area contributed by atoms with E-state index >= 15 is 0 Å². The highest BCUT2D eigenvalue weighted by Crippen LogP contribution is 2.21. The number of pyridine rings is 1. The van der Waals surface area contributed by atoms with Gasteiger partial charge in [0.05, 0.1) is 16.6 Å². The summed E-state index contributed by atoms with van der Waals surface area (Å²) in [5.74, 6) is -0.0898. The molecule has 0 unspecified atom stereocenters. The zero-order chi connectivity index (χ0) is 18.3. The molecule has 3 aromatic heterocycles. The molecule has 1 N–H and O–H groups in total. The minimum atomic E-state index is -0.0898. The highest BCUT2D eigenvalue weighted by molar-refractivity contribution is 6.06. The summed E-state index contributed by atoms with van der Waals surface area (Å²) in [5, 5.41) is 9.46. The van der Waals surface area contributed by atoms with Gasteiger partial charge in [-0.1, -0.05) is 18.2 Å². The Labute approximate surface area is 151 Å². The number of hydrogen-bond acceptors (Lipinski definition) is 3. The Hall–Kier alpha value is -3.15. The van der Waals surface area contributed by atoms with Gasteiger partial charge in [-0.05, 0) is 37.4 Å². The zero-order valence-corrected chi connectivity index (χ0v) is 15.2. The van der Waals surface area contributed by atoms with Gasteiger partial charge in [0.25, 0.3) is 5.91 Å². The molecule has 0 aliphatic rings. The molecular formula is C20H21N5O. The molecule has 0 fully saturated rings. The van der Waals surface area contributed by atoms with Crippen LogP contribution in [0.3, 0.4) is 0 Å². The van der Waals surface area contributed by atoms with Crippen LogP contribution in [0.1, 0.15) is 21.7 Å². The molecule has 0 aliphatic carbocycles. The fourth-order valence-electron chi connectivity index (χ4n) is 3.47. The molecule has 0 saturated heterocycles. The molecule has 1 aromatic carbocycles. The minimum absolute atomic E-state index is 0.0898. The average molecular weight is 347 g/mol. The van der Waals surface area contributed by atoms with Crippen molar-refractivity contribution in [3.05, 3.63) is 59.5 Å². The smallest absolute Gasteiger partial charge is 0.252 e. The number of hydrogen-bond donors (Lipinski definition) is 1. The lowest BCUT2D eigenvalue weighted by molar-refractivity contribution is 0.0954. The molecule has 26 heavy (non-hydrogen) atoms. The summed E-state index contributed by atoms with van der Waals surface area (Å²) in [6.45, 7) is 5.07. The number of para-hydroxylation sites is 1. The molecule has 1 amide bonds. The van der Waals surface area contributed by atoms with Crippen molar-refractivity contribution in [2.75, 3.05) is 6.54 Å². The van der Waals surface area contributed by atoms with Crippen molar-refractivity contribution in [2.45, 2.75) is 20.4 Å². The first kappa shape index (κ1) is 16.3. The predicted octanol–water partition coefficient (Wildman–Crippen LogP) is 2.97. The van der Waals surface area contributed by atoms with Crippen LogP contribution in [0.15, 0.2) is 42.6 Å². The van der Waals surface area contributed by atoms with E-state index in [4.69, 9.17) is 0 Å². The number of rotatable bonds is 4. The first-order valence-corrected chi connectivity index (χ1v) is 8.67. The number of carbonyl (C=O) groups is 1. The van der Waals surface area contributed by atoms with Gasteiger partial charge in [0.2, 0.25) is 0 Å². The van der Waals surface area contributed by atoms with Gasteiger partial charge in [0, 0.05) is 37.5 Å². The third-order valence-electron chi connectivity index (χ3n) is 4.66. The van der Waals surface area contributed by atoms with Gasteiger partial charge in [-0.3, -0.25) is 9.48 Å². The molecule has 132 valence electrons. The largest absolute Gasteiger partial charge is 0.350 e. The topological polar surface area (TPSA) is 64.7 Å². The number of fused-ring (bicyclic) bond motifs is 2. The molecule has 0 atom stereocenters. The van der Waals surface area contributed by atoms with E-state index in [2.05, 4.69) is 44.4 Å². The maximum atomic E-state index is 12.8. The molecule has 3 heterocycles. The van der Waals surface area contributed by atoms with Crippen molar-refractivity contribution in [3.8, 4) is 0 Å². The molecular weight excluding hydrogens is 326 g/mol. The van der Waals surface area contributed by atoms with Crippen LogP contribution in [0.5, 0.6) is 0 Å². The number of benzene rings is 1. The summed E-state index contributed by atoms with van der Waals surface area (Å²) in [6, 6.07) is 12.2. The Kier molecular flexibility index (Phi) is 3.95. The maximum Gasteiger partial charge on any atom is 0.252 e. The Morgan fingerprint density at radius 2 is 2.00 bits per heavy atom. The lowest BCUT2D eigenvalue weighted by Gasteiger charge is -2.09. The van der Waals surface area contributed by atoms with Gasteiger partial charge >= 0.3 is 0 Å². The van der Waals surface area contributed by atoms with E-state index in [0.717, 1.165) is 29.0 Å². The quantitative estimate of drug-likeness (QED) is 0.617. The van der Waals surface area contributed by atoms with Crippen LogP contribution < -0.4 is 5.32 Å².